The topological polar surface area (TPSA) is 65.4 Å². The molecule has 1 aromatic carbocycles. The quantitative estimate of drug-likeness (QED) is 0.773. The summed E-state index contributed by atoms with van der Waals surface area (Å²) >= 11 is 5.94. The van der Waals surface area contributed by atoms with E-state index in [1.165, 1.54) is 0 Å². The van der Waals surface area contributed by atoms with E-state index in [-0.39, 0.29) is 5.82 Å². The number of hydrogen-bond donors (Lipinski definition) is 1. The van der Waals surface area contributed by atoms with Gasteiger partial charge in [-0.1, -0.05) is 23.7 Å². The van der Waals surface area contributed by atoms with E-state index in [0.717, 1.165) is 5.56 Å². The van der Waals surface area contributed by atoms with Crippen molar-refractivity contribution in [3.63, 3.8) is 0 Å². The van der Waals surface area contributed by atoms with Crippen molar-refractivity contribution in [1.82, 2.24) is 15.2 Å². The van der Waals surface area contributed by atoms with Crippen molar-refractivity contribution in [2.45, 2.75) is 0 Å². The molecule has 0 atom stereocenters. The Hall–Kier alpha value is -1.86. The monoisotopic (exact) mass is 204 g/mol. The molecule has 0 amide bonds. The van der Waals surface area contributed by atoms with Crippen LogP contribution in [-0.4, -0.2) is 15.2 Å². The summed E-state index contributed by atoms with van der Waals surface area (Å²) in [7, 11) is 0. The van der Waals surface area contributed by atoms with Gasteiger partial charge in [0.05, 0.1) is 5.02 Å². The van der Waals surface area contributed by atoms with Gasteiger partial charge >= 0.3 is 0 Å². The van der Waals surface area contributed by atoms with E-state index in [9.17, 15) is 0 Å². The number of benzene rings is 1. The number of H-pyrrole nitrogens is 1. The molecule has 0 saturated carbocycles. The summed E-state index contributed by atoms with van der Waals surface area (Å²) in [6.45, 7) is 0. The Morgan fingerprint density at radius 1 is 1.36 bits per heavy atom. The summed E-state index contributed by atoms with van der Waals surface area (Å²) in [5.74, 6) is 0.618. The molecular formula is C9H5ClN4. The van der Waals surface area contributed by atoms with Crippen molar-refractivity contribution in [2.75, 3.05) is 0 Å². The van der Waals surface area contributed by atoms with Gasteiger partial charge in [0, 0.05) is 5.56 Å². The van der Waals surface area contributed by atoms with E-state index in [0.29, 0.717) is 10.8 Å². The van der Waals surface area contributed by atoms with Crippen molar-refractivity contribution in [3.8, 4) is 17.5 Å². The fourth-order valence-corrected chi connectivity index (χ4v) is 1.31. The third-order valence-corrected chi connectivity index (χ3v) is 2.04. The first-order valence-corrected chi connectivity index (χ1v) is 4.26. The molecule has 0 saturated heterocycles. The highest BCUT2D eigenvalue weighted by molar-refractivity contribution is 6.33. The van der Waals surface area contributed by atoms with Crippen LogP contribution < -0.4 is 0 Å². The number of aromatic amines is 1. The second-order valence-electron chi connectivity index (χ2n) is 2.60. The lowest BCUT2D eigenvalue weighted by Crippen LogP contribution is -1.81. The SMILES string of the molecule is N#Cc1n[nH]c(-c2ccccc2Cl)n1. The van der Waals surface area contributed by atoms with E-state index in [2.05, 4.69) is 15.2 Å². The zero-order valence-electron chi connectivity index (χ0n) is 7.03. The second-order valence-corrected chi connectivity index (χ2v) is 3.01. The molecule has 0 unspecified atom stereocenters. The maximum absolute atomic E-state index is 8.54. The van der Waals surface area contributed by atoms with Gasteiger partial charge in [0.25, 0.3) is 5.82 Å². The number of hydrogen-bond acceptors (Lipinski definition) is 3. The van der Waals surface area contributed by atoms with Gasteiger partial charge < -0.3 is 0 Å². The summed E-state index contributed by atoms with van der Waals surface area (Å²) in [4.78, 5) is 3.95. The lowest BCUT2D eigenvalue weighted by Gasteiger charge is -1.97. The zero-order chi connectivity index (χ0) is 9.97. The number of halogens is 1. The largest absolute Gasteiger partial charge is 0.258 e. The Kier molecular flexibility index (Phi) is 2.17. The Morgan fingerprint density at radius 3 is 2.79 bits per heavy atom. The molecule has 1 N–H and O–H groups in total. The fraction of sp³-hybridized carbons (Fsp3) is 0. The van der Waals surface area contributed by atoms with Gasteiger partial charge in [-0.05, 0) is 12.1 Å². The highest BCUT2D eigenvalue weighted by Gasteiger charge is 2.07. The van der Waals surface area contributed by atoms with Crippen LogP contribution in [0.3, 0.4) is 0 Å². The third kappa shape index (κ3) is 1.45. The third-order valence-electron chi connectivity index (χ3n) is 1.71. The van der Waals surface area contributed by atoms with Gasteiger partial charge in [0.2, 0.25) is 0 Å². The normalized spacial score (nSPS) is 9.71. The minimum absolute atomic E-state index is 0.111. The molecule has 0 radical (unpaired) electrons. The van der Waals surface area contributed by atoms with Gasteiger partial charge in [-0.25, -0.2) is 0 Å². The molecule has 0 spiro atoms. The van der Waals surface area contributed by atoms with Crippen molar-refractivity contribution in [1.29, 1.82) is 5.26 Å². The molecule has 1 aromatic heterocycles. The van der Waals surface area contributed by atoms with Gasteiger partial charge in [0.15, 0.2) is 5.82 Å². The van der Waals surface area contributed by atoms with Crippen molar-refractivity contribution in [3.05, 3.63) is 35.1 Å². The molecule has 68 valence electrons. The molecule has 0 aliphatic carbocycles. The molecule has 0 aliphatic rings. The lowest BCUT2D eigenvalue weighted by molar-refractivity contribution is 1.07. The van der Waals surface area contributed by atoms with E-state index in [1.54, 1.807) is 6.07 Å². The maximum atomic E-state index is 8.54. The highest BCUT2D eigenvalue weighted by Crippen LogP contribution is 2.23. The summed E-state index contributed by atoms with van der Waals surface area (Å²) in [6, 6.07) is 9.07. The average molecular weight is 205 g/mol. The molecule has 2 aromatic rings. The van der Waals surface area contributed by atoms with E-state index < -0.39 is 0 Å². The van der Waals surface area contributed by atoms with Crippen LogP contribution in [0.15, 0.2) is 24.3 Å². The number of rotatable bonds is 1. The first-order valence-electron chi connectivity index (χ1n) is 3.88. The first kappa shape index (κ1) is 8.73. The van der Waals surface area contributed by atoms with Crippen molar-refractivity contribution in [2.24, 2.45) is 0 Å². The van der Waals surface area contributed by atoms with Crippen molar-refractivity contribution >= 4 is 11.6 Å². The predicted octanol–water partition coefficient (Wildman–Crippen LogP) is 2.00. The number of nitrogens with one attached hydrogen (secondary N) is 1. The van der Waals surface area contributed by atoms with Crippen LogP contribution in [0.4, 0.5) is 0 Å². The van der Waals surface area contributed by atoms with Crippen LogP contribution >= 0.6 is 11.6 Å². The molecule has 0 bridgehead atoms. The van der Waals surface area contributed by atoms with Gasteiger partial charge in [0.1, 0.15) is 6.07 Å². The molecule has 2 rings (SSSR count). The molecule has 5 heteroatoms. The minimum Gasteiger partial charge on any atom is -0.258 e. The van der Waals surface area contributed by atoms with Crippen LogP contribution in [-0.2, 0) is 0 Å². The van der Waals surface area contributed by atoms with Gasteiger partial charge in [-0.15, -0.1) is 5.10 Å². The standard InChI is InChI=1S/C9H5ClN4/c10-7-4-2-1-3-6(7)9-12-8(5-11)13-14-9/h1-4H,(H,12,13,14). The van der Waals surface area contributed by atoms with Gasteiger partial charge in [-0.3, -0.25) is 5.10 Å². The van der Waals surface area contributed by atoms with Crippen LogP contribution in [0.5, 0.6) is 0 Å². The lowest BCUT2D eigenvalue weighted by atomic mass is 10.2. The van der Waals surface area contributed by atoms with Crippen molar-refractivity contribution < 1.29 is 0 Å². The van der Waals surface area contributed by atoms with Crippen LogP contribution in [0, 0.1) is 11.3 Å². The van der Waals surface area contributed by atoms with Gasteiger partial charge in [-0.2, -0.15) is 10.2 Å². The highest BCUT2D eigenvalue weighted by atomic mass is 35.5. The Morgan fingerprint density at radius 2 is 2.14 bits per heavy atom. The molecule has 1 heterocycles. The maximum Gasteiger partial charge on any atom is 0.252 e. The average Bonchev–Trinajstić information content (AvgIpc) is 2.67. The Labute approximate surface area is 85.2 Å². The minimum atomic E-state index is 0.111. The van der Waals surface area contributed by atoms with Crippen LogP contribution in [0.1, 0.15) is 5.82 Å². The van der Waals surface area contributed by atoms with E-state index in [1.807, 2.05) is 24.3 Å². The molecule has 14 heavy (non-hydrogen) atoms. The smallest absolute Gasteiger partial charge is 0.252 e. The van der Waals surface area contributed by atoms with Crippen LogP contribution in [0.25, 0.3) is 11.4 Å². The van der Waals surface area contributed by atoms with E-state index >= 15 is 0 Å². The number of nitriles is 1. The Bertz CT molecular complexity index is 498. The summed E-state index contributed by atoms with van der Waals surface area (Å²) in [6.07, 6.45) is 0. The number of nitrogens with zero attached hydrogens (tertiary/aromatic N) is 3. The molecule has 0 fully saturated rings. The summed E-state index contributed by atoms with van der Waals surface area (Å²) < 4.78 is 0. The zero-order valence-corrected chi connectivity index (χ0v) is 7.78. The fourth-order valence-electron chi connectivity index (χ4n) is 1.09. The molecule has 0 aliphatic heterocycles. The van der Waals surface area contributed by atoms with E-state index in [4.69, 9.17) is 16.9 Å². The van der Waals surface area contributed by atoms with Crippen LogP contribution in [0.2, 0.25) is 5.02 Å². The predicted molar refractivity (Wildman–Crippen MR) is 51.5 cm³/mol. The summed E-state index contributed by atoms with van der Waals surface area (Å²) in [5.41, 5.74) is 0.739. The summed E-state index contributed by atoms with van der Waals surface area (Å²) in [5, 5.41) is 15.5. The Balaban J connectivity index is 2.51. The second kappa shape index (κ2) is 3.48. The first-order chi connectivity index (χ1) is 6.81. The number of aromatic nitrogens is 3. The molecule has 4 nitrogen and oxygen atoms in total. The molecular weight excluding hydrogens is 200 g/mol.